The molecular weight excluding hydrogens is 332 g/mol. The first-order valence-electron chi connectivity index (χ1n) is 7.00. The molecule has 118 valence electrons. The van der Waals surface area contributed by atoms with Crippen molar-refractivity contribution in [2.75, 3.05) is 0 Å². The van der Waals surface area contributed by atoms with Gasteiger partial charge in [0.25, 0.3) is 0 Å². The summed E-state index contributed by atoms with van der Waals surface area (Å²) < 4.78 is 3.87. The van der Waals surface area contributed by atoms with Crippen molar-refractivity contribution in [3.05, 3.63) is 62.9 Å². The first kappa shape index (κ1) is 15.6. The Morgan fingerprint density at radius 3 is 2.83 bits per heavy atom. The highest BCUT2D eigenvalue weighted by atomic mass is 35.5. The van der Waals surface area contributed by atoms with Gasteiger partial charge in [-0.2, -0.15) is 20.0 Å². The van der Waals surface area contributed by atoms with Gasteiger partial charge in [0.2, 0.25) is 4.77 Å². The smallest absolute Gasteiger partial charge is 0.216 e. The molecule has 2 aromatic heterocycles. The first-order valence-corrected chi connectivity index (χ1v) is 7.78. The van der Waals surface area contributed by atoms with Gasteiger partial charge >= 0.3 is 0 Å². The zero-order chi connectivity index (χ0) is 16.4. The van der Waals surface area contributed by atoms with E-state index in [4.69, 9.17) is 23.8 Å². The summed E-state index contributed by atoms with van der Waals surface area (Å²) in [5, 5.41) is 16.1. The maximum absolute atomic E-state index is 6.23. The van der Waals surface area contributed by atoms with Crippen molar-refractivity contribution in [3.8, 4) is 0 Å². The number of hydrogen-bond donors (Lipinski definition) is 1. The van der Waals surface area contributed by atoms with Crippen molar-refractivity contribution in [2.24, 2.45) is 5.10 Å². The predicted molar refractivity (Wildman–Crippen MR) is 92.7 cm³/mol. The molecule has 1 N–H and O–H groups in total. The molecule has 0 bridgehead atoms. The predicted octanol–water partition coefficient (Wildman–Crippen LogP) is 3.34. The quantitative estimate of drug-likeness (QED) is 0.582. The van der Waals surface area contributed by atoms with Gasteiger partial charge in [0.1, 0.15) is 6.33 Å². The lowest BCUT2D eigenvalue weighted by Gasteiger charge is -2.06. The molecule has 6 nitrogen and oxygen atoms in total. The number of aromatic amines is 1. The second kappa shape index (κ2) is 6.47. The van der Waals surface area contributed by atoms with E-state index in [2.05, 4.69) is 20.4 Å². The topological polar surface area (TPSA) is 63.8 Å². The Bertz CT molecular complexity index is 920. The van der Waals surface area contributed by atoms with Crippen LogP contribution in [0.5, 0.6) is 0 Å². The Morgan fingerprint density at radius 2 is 2.13 bits per heavy atom. The molecule has 0 saturated heterocycles. The van der Waals surface area contributed by atoms with Crippen LogP contribution < -0.4 is 0 Å². The lowest BCUT2D eigenvalue weighted by atomic mass is 10.2. The lowest BCUT2D eigenvalue weighted by molar-refractivity contribution is 0.659. The summed E-state index contributed by atoms with van der Waals surface area (Å²) >= 11 is 11.3. The summed E-state index contributed by atoms with van der Waals surface area (Å²) in [6.07, 6.45) is 3.27. The van der Waals surface area contributed by atoms with Crippen LogP contribution >= 0.6 is 23.8 Å². The van der Waals surface area contributed by atoms with Gasteiger partial charge in [-0.1, -0.05) is 29.8 Å². The molecule has 0 spiro atoms. The van der Waals surface area contributed by atoms with Crippen LogP contribution in [-0.4, -0.2) is 30.9 Å². The highest BCUT2D eigenvalue weighted by Gasteiger charge is 2.11. The minimum Gasteiger partial charge on any atom is -0.264 e. The zero-order valence-electron chi connectivity index (χ0n) is 12.7. The molecule has 0 amide bonds. The summed E-state index contributed by atoms with van der Waals surface area (Å²) in [6.45, 7) is 4.57. The molecular formula is C15H15ClN6S. The first-order chi connectivity index (χ1) is 11.1. The number of nitrogens with zero attached hydrogens (tertiary/aromatic N) is 5. The standard InChI is InChI=1S/C15H15ClN6S/c1-10-13(7-18-22-9-17-19-15(22)23)11(2)21(20-10)8-12-5-3-4-6-14(12)16/h3-7,9H,8H2,1-2H3,(H,19,23). The van der Waals surface area contributed by atoms with Crippen molar-refractivity contribution in [1.29, 1.82) is 0 Å². The third-order valence-corrected chi connectivity index (χ3v) is 4.21. The third kappa shape index (κ3) is 3.25. The van der Waals surface area contributed by atoms with Crippen molar-refractivity contribution < 1.29 is 0 Å². The van der Waals surface area contributed by atoms with Gasteiger partial charge < -0.3 is 0 Å². The van der Waals surface area contributed by atoms with Crippen LogP contribution in [0.2, 0.25) is 5.02 Å². The average Bonchev–Trinajstić information content (AvgIpc) is 3.04. The van der Waals surface area contributed by atoms with E-state index in [-0.39, 0.29) is 0 Å². The van der Waals surface area contributed by atoms with Crippen molar-refractivity contribution in [3.63, 3.8) is 0 Å². The van der Waals surface area contributed by atoms with Crippen molar-refractivity contribution in [1.82, 2.24) is 24.7 Å². The molecule has 3 aromatic rings. The van der Waals surface area contributed by atoms with Crippen LogP contribution in [0.15, 0.2) is 35.7 Å². The van der Waals surface area contributed by atoms with E-state index in [1.807, 2.05) is 42.8 Å². The Balaban J connectivity index is 1.91. The van der Waals surface area contributed by atoms with Crippen molar-refractivity contribution in [2.45, 2.75) is 20.4 Å². The van der Waals surface area contributed by atoms with Gasteiger partial charge in [-0.25, -0.2) is 0 Å². The molecule has 0 saturated carbocycles. The van der Waals surface area contributed by atoms with Crippen LogP contribution in [-0.2, 0) is 6.54 Å². The highest BCUT2D eigenvalue weighted by molar-refractivity contribution is 7.71. The number of aromatic nitrogens is 5. The second-order valence-electron chi connectivity index (χ2n) is 5.08. The van der Waals surface area contributed by atoms with Gasteiger partial charge in [0.05, 0.1) is 18.5 Å². The SMILES string of the molecule is Cc1nn(Cc2ccccc2Cl)c(C)c1C=Nn1cn[nH]c1=S. The Labute approximate surface area is 143 Å². The van der Waals surface area contributed by atoms with Crippen molar-refractivity contribution >= 4 is 30.0 Å². The van der Waals surface area contributed by atoms with Gasteiger partial charge in [-0.3, -0.25) is 9.78 Å². The van der Waals surface area contributed by atoms with Gasteiger partial charge in [0.15, 0.2) is 0 Å². The summed E-state index contributed by atoms with van der Waals surface area (Å²) in [5.74, 6) is 0. The summed E-state index contributed by atoms with van der Waals surface area (Å²) in [6, 6.07) is 7.76. The van der Waals surface area contributed by atoms with Crippen LogP contribution in [0.3, 0.4) is 0 Å². The molecule has 0 atom stereocenters. The fourth-order valence-corrected chi connectivity index (χ4v) is 2.63. The van der Waals surface area contributed by atoms with E-state index in [0.29, 0.717) is 11.3 Å². The minimum atomic E-state index is 0.444. The molecule has 0 aliphatic rings. The number of nitrogens with one attached hydrogen (secondary N) is 1. The molecule has 23 heavy (non-hydrogen) atoms. The maximum atomic E-state index is 6.23. The number of H-pyrrole nitrogens is 1. The van der Waals surface area contributed by atoms with Crippen LogP contribution in [0.1, 0.15) is 22.5 Å². The molecule has 0 fully saturated rings. The summed E-state index contributed by atoms with van der Waals surface area (Å²) in [7, 11) is 0. The molecule has 0 unspecified atom stereocenters. The monoisotopic (exact) mass is 346 g/mol. The van der Waals surface area contributed by atoms with Crippen LogP contribution in [0, 0.1) is 18.6 Å². The number of aryl methyl sites for hydroxylation is 1. The Kier molecular flexibility index (Phi) is 4.40. The van der Waals surface area contributed by atoms with Crippen LogP contribution in [0.25, 0.3) is 0 Å². The maximum Gasteiger partial charge on any atom is 0.216 e. The van der Waals surface area contributed by atoms with Gasteiger partial charge in [-0.05, 0) is 37.7 Å². The molecule has 3 rings (SSSR count). The average molecular weight is 347 g/mol. The summed E-state index contributed by atoms with van der Waals surface area (Å²) in [4.78, 5) is 0. The molecule has 0 aliphatic carbocycles. The molecule has 1 aromatic carbocycles. The fourth-order valence-electron chi connectivity index (χ4n) is 2.28. The summed E-state index contributed by atoms with van der Waals surface area (Å²) in [5.41, 5.74) is 3.90. The Hall–Kier alpha value is -2.25. The largest absolute Gasteiger partial charge is 0.264 e. The van der Waals surface area contributed by atoms with E-state index in [1.54, 1.807) is 6.21 Å². The zero-order valence-corrected chi connectivity index (χ0v) is 14.3. The van der Waals surface area contributed by atoms with Gasteiger partial charge in [-0.15, -0.1) is 0 Å². The number of rotatable bonds is 4. The lowest BCUT2D eigenvalue weighted by Crippen LogP contribution is -2.04. The number of hydrogen-bond acceptors (Lipinski definition) is 4. The van der Waals surface area contributed by atoms with E-state index in [0.717, 1.165) is 27.5 Å². The van der Waals surface area contributed by atoms with Crippen LogP contribution in [0.4, 0.5) is 0 Å². The molecule has 2 heterocycles. The molecule has 8 heteroatoms. The highest BCUT2D eigenvalue weighted by Crippen LogP contribution is 2.18. The number of halogens is 1. The normalized spacial score (nSPS) is 11.4. The fraction of sp³-hybridized carbons (Fsp3) is 0.200. The van der Waals surface area contributed by atoms with E-state index in [9.17, 15) is 0 Å². The minimum absolute atomic E-state index is 0.444. The number of benzene rings is 1. The van der Waals surface area contributed by atoms with E-state index in [1.165, 1.54) is 11.0 Å². The molecule has 0 aliphatic heterocycles. The van der Waals surface area contributed by atoms with E-state index >= 15 is 0 Å². The van der Waals surface area contributed by atoms with E-state index < -0.39 is 0 Å². The Morgan fingerprint density at radius 1 is 1.35 bits per heavy atom. The second-order valence-corrected chi connectivity index (χ2v) is 5.88. The third-order valence-electron chi connectivity index (χ3n) is 3.56. The molecule has 0 radical (unpaired) electrons. The van der Waals surface area contributed by atoms with Gasteiger partial charge in [0, 0.05) is 16.3 Å².